The third-order valence-electron chi connectivity index (χ3n) is 4.21. The molecule has 4 heteroatoms. The summed E-state index contributed by atoms with van der Waals surface area (Å²) in [5, 5.41) is 2.95. The molecular formula is C22H23N3O. The number of amides is 1. The zero-order valence-electron chi connectivity index (χ0n) is 15.1. The van der Waals surface area contributed by atoms with E-state index < -0.39 is 0 Å². The number of anilines is 2. The number of nitrogens with zero attached hydrogens (tertiary/aromatic N) is 2. The number of para-hydroxylation sites is 1. The minimum absolute atomic E-state index is 0.169. The van der Waals surface area contributed by atoms with Crippen molar-refractivity contribution in [2.75, 3.05) is 11.4 Å². The van der Waals surface area contributed by atoms with Crippen molar-refractivity contribution in [3.8, 4) is 0 Å². The SMILES string of the molecule is CCN(c1ccccc1)c1ccnc(C(=O)NCc2cccc(C)c2)c1. The van der Waals surface area contributed by atoms with E-state index in [0.29, 0.717) is 12.2 Å². The smallest absolute Gasteiger partial charge is 0.270 e. The zero-order valence-corrected chi connectivity index (χ0v) is 15.1. The van der Waals surface area contributed by atoms with Gasteiger partial charge < -0.3 is 10.2 Å². The van der Waals surface area contributed by atoms with Crippen molar-refractivity contribution in [2.24, 2.45) is 0 Å². The molecule has 1 heterocycles. The van der Waals surface area contributed by atoms with Crippen LogP contribution in [0.4, 0.5) is 11.4 Å². The van der Waals surface area contributed by atoms with Gasteiger partial charge in [0.1, 0.15) is 5.69 Å². The van der Waals surface area contributed by atoms with E-state index in [-0.39, 0.29) is 5.91 Å². The van der Waals surface area contributed by atoms with Crippen LogP contribution in [0.2, 0.25) is 0 Å². The number of pyridine rings is 1. The largest absolute Gasteiger partial charge is 0.347 e. The molecule has 0 saturated carbocycles. The lowest BCUT2D eigenvalue weighted by Crippen LogP contribution is -2.24. The lowest BCUT2D eigenvalue weighted by molar-refractivity contribution is 0.0946. The van der Waals surface area contributed by atoms with Gasteiger partial charge in [-0.3, -0.25) is 9.78 Å². The van der Waals surface area contributed by atoms with Crippen LogP contribution in [0.1, 0.15) is 28.5 Å². The molecule has 0 aliphatic rings. The number of carbonyl (C=O) groups is 1. The van der Waals surface area contributed by atoms with Gasteiger partial charge >= 0.3 is 0 Å². The molecule has 0 bridgehead atoms. The lowest BCUT2D eigenvalue weighted by Gasteiger charge is -2.23. The molecule has 4 nitrogen and oxygen atoms in total. The summed E-state index contributed by atoms with van der Waals surface area (Å²) in [7, 11) is 0. The maximum Gasteiger partial charge on any atom is 0.270 e. The van der Waals surface area contributed by atoms with Crippen LogP contribution in [0.5, 0.6) is 0 Å². The predicted molar refractivity (Wildman–Crippen MR) is 106 cm³/mol. The number of benzene rings is 2. The molecule has 0 aliphatic heterocycles. The minimum atomic E-state index is -0.169. The highest BCUT2D eigenvalue weighted by molar-refractivity contribution is 5.93. The minimum Gasteiger partial charge on any atom is -0.347 e. The molecule has 0 aliphatic carbocycles. The standard InChI is InChI=1S/C22H23N3O/c1-3-25(19-10-5-4-6-11-19)20-12-13-23-21(15-20)22(26)24-16-18-9-7-8-17(2)14-18/h4-15H,3,16H2,1-2H3,(H,24,26). The summed E-state index contributed by atoms with van der Waals surface area (Å²) in [4.78, 5) is 18.9. The van der Waals surface area contributed by atoms with Crippen molar-refractivity contribution in [2.45, 2.75) is 20.4 Å². The van der Waals surface area contributed by atoms with Crippen molar-refractivity contribution in [1.29, 1.82) is 0 Å². The van der Waals surface area contributed by atoms with Crippen molar-refractivity contribution >= 4 is 17.3 Å². The lowest BCUT2D eigenvalue weighted by atomic mass is 10.1. The van der Waals surface area contributed by atoms with Gasteiger partial charge in [-0.2, -0.15) is 0 Å². The molecule has 2 aromatic carbocycles. The Morgan fingerprint density at radius 2 is 1.81 bits per heavy atom. The van der Waals surface area contributed by atoms with E-state index in [0.717, 1.165) is 23.5 Å². The second-order valence-electron chi connectivity index (χ2n) is 6.15. The molecule has 0 fully saturated rings. The van der Waals surface area contributed by atoms with Gasteiger partial charge in [0.05, 0.1) is 0 Å². The van der Waals surface area contributed by atoms with Gasteiger partial charge in [0.25, 0.3) is 5.91 Å². The van der Waals surface area contributed by atoms with Gasteiger partial charge in [-0.25, -0.2) is 0 Å². The van der Waals surface area contributed by atoms with Crippen LogP contribution in [-0.2, 0) is 6.54 Å². The number of hydrogen-bond acceptors (Lipinski definition) is 3. The first-order chi connectivity index (χ1) is 12.7. The molecule has 1 aromatic heterocycles. The highest BCUT2D eigenvalue weighted by atomic mass is 16.1. The van der Waals surface area contributed by atoms with Gasteiger partial charge in [-0.1, -0.05) is 48.0 Å². The Bertz CT molecular complexity index is 877. The highest BCUT2D eigenvalue weighted by Crippen LogP contribution is 2.24. The molecular weight excluding hydrogens is 322 g/mol. The number of aryl methyl sites for hydroxylation is 1. The average Bonchev–Trinajstić information content (AvgIpc) is 2.68. The number of carbonyl (C=O) groups excluding carboxylic acids is 1. The van der Waals surface area contributed by atoms with Gasteiger partial charge in [-0.05, 0) is 43.7 Å². The molecule has 0 atom stereocenters. The Kier molecular flexibility index (Phi) is 5.64. The summed E-state index contributed by atoms with van der Waals surface area (Å²) >= 11 is 0. The first-order valence-corrected chi connectivity index (χ1v) is 8.79. The second-order valence-corrected chi connectivity index (χ2v) is 6.15. The van der Waals surface area contributed by atoms with E-state index in [1.807, 2.05) is 55.5 Å². The zero-order chi connectivity index (χ0) is 18.4. The van der Waals surface area contributed by atoms with Crippen LogP contribution >= 0.6 is 0 Å². The normalized spacial score (nSPS) is 10.4. The third-order valence-corrected chi connectivity index (χ3v) is 4.21. The topological polar surface area (TPSA) is 45.2 Å². The Morgan fingerprint density at radius 1 is 1.00 bits per heavy atom. The Balaban J connectivity index is 1.74. The molecule has 0 unspecified atom stereocenters. The summed E-state index contributed by atoms with van der Waals surface area (Å²) in [5.41, 5.74) is 4.72. The van der Waals surface area contributed by atoms with Crippen LogP contribution in [0.15, 0.2) is 72.9 Å². The summed E-state index contributed by atoms with van der Waals surface area (Å²) < 4.78 is 0. The molecule has 26 heavy (non-hydrogen) atoms. The molecule has 0 spiro atoms. The third kappa shape index (κ3) is 4.28. The predicted octanol–water partition coefficient (Wildman–Crippen LogP) is 4.48. The van der Waals surface area contributed by atoms with Crippen LogP contribution in [0.25, 0.3) is 0 Å². The fourth-order valence-corrected chi connectivity index (χ4v) is 2.93. The molecule has 132 valence electrons. The Morgan fingerprint density at radius 3 is 2.54 bits per heavy atom. The molecule has 3 aromatic rings. The first kappa shape index (κ1) is 17.7. The fourth-order valence-electron chi connectivity index (χ4n) is 2.93. The van der Waals surface area contributed by atoms with E-state index in [9.17, 15) is 4.79 Å². The maximum atomic E-state index is 12.5. The van der Waals surface area contributed by atoms with Crippen molar-refractivity contribution in [3.05, 3.63) is 89.7 Å². The number of hydrogen-bond donors (Lipinski definition) is 1. The number of nitrogens with one attached hydrogen (secondary N) is 1. The van der Waals surface area contributed by atoms with Crippen molar-refractivity contribution in [1.82, 2.24) is 10.3 Å². The quantitative estimate of drug-likeness (QED) is 0.716. The van der Waals surface area contributed by atoms with Crippen molar-refractivity contribution < 1.29 is 4.79 Å². The fraction of sp³-hybridized carbons (Fsp3) is 0.182. The maximum absolute atomic E-state index is 12.5. The van der Waals surface area contributed by atoms with E-state index in [4.69, 9.17) is 0 Å². The molecule has 0 radical (unpaired) electrons. The molecule has 1 amide bonds. The van der Waals surface area contributed by atoms with Crippen LogP contribution < -0.4 is 10.2 Å². The van der Waals surface area contributed by atoms with E-state index >= 15 is 0 Å². The Labute approximate surface area is 154 Å². The summed E-state index contributed by atoms with van der Waals surface area (Å²) in [6.07, 6.45) is 1.68. The van der Waals surface area contributed by atoms with Crippen molar-refractivity contribution in [3.63, 3.8) is 0 Å². The van der Waals surface area contributed by atoms with Gasteiger partial charge in [-0.15, -0.1) is 0 Å². The van der Waals surface area contributed by atoms with Crippen LogP contribution in [0, 0.1) is 6.92 Å². The monoisotopic (exact) mass is 345 g/mol. The van der Waals surface area contributed by atoms with Gasteiger partial charge in [0, 0.05) is 30.7 Å². The Hall–Kier alpha value is -3.14. The molecule has 1 N–H and O–H groups in total. The van der Waals surface area contributed by atoms with E-state index in [2.05, 4.69) is 40.3 Å². The highest BCUT2D eigenvalue weighted by Gasteiger charge is 2.12. The summed E-state index contributed by atoms with van der Waals surface area (Å²) in [6.45, 7) is 5.42. The van der Waals surface area contributed by atoms with E-state index in [1.54, 1.807) is 6.20 Å². The van der Waals surface area contributed by atoms with Gasteiger partial charge in [0.2, 0.25) is 0 Å². The van der Waals surface area contributed by atoms with Gasteiger partial charge in [0.15, 0.2) is 0 Å². The van der Waals surface area contributed by atoms with Crippen LogP contribution in [0.3, 0.4) is 0 Å². The number of aromatic nitrogens is 1. The second kappa shape index (κ2) is 8.30. The average molecular weight is 345 g/mol. The summed E-state index contributed by atoms with van der Waals surface area (Å²) in [5.74, 6) is -0.169. The summed E-state index contributed by atoms with van der Waals surface area (Å²) in [6, 6.07) is 22.0. The first-order valence-electron chi connectivity index (χ1n) is 8.79. The number of rotatable bonds is 6. The molecule has 0 saturated heterocycles. The van der Waals surface area contributed by atoms with Crippen LogP contribution in [-0.4, -0.2) is 17.4 Å². The van der Waals surface area contributed by atoms with E-state index in [1.165, 1.54) is 5.56 Å². The molecule has 3 rings (SSSR count).